The third-order valence-corrected chi connectivity index (χ3v) is 2.01. The van der Waals surface area contributed by atoms with E-state index >= 15 is 0 Å². The Kier molecular flexibility index (Phi) is 6.77. The fourth-order valence-electron chi connectivity index (χ4n) is 1.21. The largest absolute Gasteiger partial charge is 0.490 e. The fraction of sp³-hybridized carbons (Fsp3) is 0.500. The second kappa shape index (κ2) is 8.25. The fourth-order valence-corrected chi connectivity index (χ4v) is 1.32. The molecule has 0 aliphatic carbocycles. The molecule has 3 nitrogen and oxygen atoms in total. The average molecular weight is 245 g/mol. The molecule has 0 unspecified atom stereocenters. The molecule has 1 aromatic rings. The summed E-state index contributed by atoms with van der Waals surface area (Å²) < 4.78 is 16.2. The highest BCUT2D eigenvalue weighted by atomic mass is 35.5. The Hall–Kier alpha value is -0.930. The van der Waals surface area contributed by atoms with Gasteiger partial charge < -0.3 is 14.2 Å². The molecular weight excluding hydrogens is 228 g/mol. The number of benzene rings is 1. The van der Waals surface area contributed by atoms with Crippen LogP contribution in [0.1, 0.15) is 6.92 Å². The zero-order valence-corrected chi connectivity index (χ0v) is 10.2. The van der Waals surface area contributed by atoms with Crippen molar-refractivity contribution in [2.75, 3.05) is 32.3 Å². The predicted molar refractivity (Wildman–Crippen MR) is 64.6 cm³/mol. The highest BCUT2D eigenvalue weighted by molar-refractivity contribution is 6.17. The minimum absolute atomic E-state index is 0.501. The maximum atomic E-state index is 5.54. The van der Waals surface area contributed by atoms with Crippen LogP contribution in [0.15, 0.2) is 24.3 Å². The van der Waals surface area contributed by atoms with Crippen molar-refractivity contribution in [2.24, 2.45) is 0 Å². The van der Waals surface area contributed by atoms with E-state index in [0.717, 1.165) is 11.5 Å². The number of alkyl halides is 1. The SMILES string of the molecule is CCOc1ccccc1OCCOCCCl. The van der Waals surface area contributed by atoms with E-state index in [1.807, 2.05) is 31.2 Å². The molecule has 90 valence electrons. The van der Waals surface area contributed by atoms with Gasteiger partial charge in [-0.2, -0.15) is 0 Å². The molecule has 0 aliphatic heterocycles. The molecule has 0 aromatic heterocycles. The molecule has 0 bridgehead atoms. The highest BCUT2D eigenvalue weighted by Crippen LogP contribution is 2.26. The van der Waals surface area contributed by atoms with Crippen molar-refractivity contribution in [1.82, 2.24) is 0 Å². The molecular formula is C12H17ClO3. The van der Waals surface area contributed by atoms with E-state index in [4.69, 9.17) is 25.8 Å². The third kappa shape index (κ3) is 4.73. The topological polar surface area (TPSA) is 27.7 Å². The Morgan fingerprint density at radius 2 is 1.69 bits per heavy atom. The van der Waals surface area contributed by atoms with Gasteiger partial charge in [0.1, 0.15) is 6.61 Å². The van der Waals surface area contributed by atoms with Gasteiger partial charge in [0.05, 0.1) is 19.8 Å². The average Bonchev–Trinajstić information content (AvgIpc) is 2.31. The number of hydrogen-bond acceptors (Lipinski definition) is 3. The van der Waals surface area contributed by atoms with Crippen LogP contribution in [0, 0.1) is 0 Å². The number of halogens is 1. The van der Waals surface area contributed by atoms with Crippen LogP contribution in [0.25, 0.3) is 0 Å². The lowest BCUT2D eigenvalue weighted by Crippen LogP contribution is -2.08. The monoisotopic (exact) mass is 244 g/mol. The summed E-state index contributed by atoms with van der Waals surface area (Å²) in [5, 5.41) is 0. The van der Waals surface area contributed by atoms with Gasteiger partial charge in [0.25, 0.3) is 0 Å². The minimum Gasteiger partial charge on any atom is -0.490 e. The molecule has 0 amide bonds. The summed E-state index contributed by atoms with van der Waals surface area (Å²) in [5.74, 6) is 2.02. The molecule has 0 atom stereocenters. The van der Waals surface area contributed by atoms with Crippen LogP contribution < -0.4 is 9.47 Å². The number of ether oxygens (including phenoxy) is 3. The smallest absolute Gasteiger partial charge is 0.161 e. The van der Waals surface area contributed by atoms with Crippen molar-refractivity contribution in [3.05, 3.63) is 24.3 Å². The quantitative estimate of drug-likeness (QED) is 0.520. The van der Waals surface area contributed by atoms with Crippen molar-refractivity contribution >= 4 is 11.6 Å². The molecule has 1 aromatic carbocycles. The van der Waals surface area contributed by atoms with Crippen molar-refractivity contribution in [3.8, 4) is 11.5 Å². The van der Waals surface area contributed by atoms with Gasteiger partial charge in [-0.1, -0.05) is 12.1 Å². The lowest BCUT2D eigenvalue weighted by atomic mass is 10.3. The second-order valence-corrected chi connectivity index (χ2v) is 3.41. The molecule has 0 saturated carbocycles. The van der Waals surface area contributed by atoms with Crippen LogP contribution >= 0.6 is 11.6 Å². The van der Waals surface area contributed by atoms with Gasteiger partial charge in [0.2, 0.25) is 0 Å². The van der Waals surface area contributed by atoms with Crippen LogP contribution in [0.4, 0.5) is 0 Å². The lowest BCUT2D eigenvalue weighted by Gasteiger charge is -2.11. The van der Waals surface area contributed by atoms with E-state index in [1.54, 1.807) is 0 Å². The van der Waals surface area contributed by atoms with E-state index in [9.17, 15) is 0 Å². The first-order valence-corrected chi connectivity index (χ1v) is 5.90. The van der Waals surface area contributed by atoms with Gasteiger partial charge in [-0.15, -0.1) is 11.6 Å². The Bertz CT molecular complexity index is 291. The molecule has 0 N–H and O–H groups in total. The molecule has 0 heterocycles. The predicted octanol–water partition coefficient (Wildman–Crippen LogP) is 2.72. The summed E-state index contributed by atoms with van der Waals surface area (Å²) in [5.41, 5.74) is 0. The van der Waals surface area contributed by atoms with Gasteiger partial charge in [-0.05, 0) is 19.1 Å². The molecule has 1 rings (SSSR count). The standard InChI is InChI=1S/C12H17ClO3/c1-2-15-11-5-3-4-6-12(11)16-10-9-14-8-7-13/h3-6H,2,7-10H2,1H3. The normalized spacial score (nSPS) is 10.1. The van der Waals surface area contributed by atoms with Gasteiger partial charge >= 0.3 is 0 Å². The number of rotatable bonds is 8. The van der Waals surface area contributed by atoms with Crippen LogP contribution in [0.3, 0.4) is 0 Å². The van der Waals surface area contributed by atoms with E-state index in [-0.39, 0.29) is 0 Å². The molecule has 0 fully saturated rings. The maximum Gasteiger partial charge on any atom is 0.161 e. The first-order valence-electron chi connectivity index (χ1n) is 5.36. The summed E-state index contributed by atoms with van der Waals surface area (Å²) in [6.45, 7) is 4.16. The Balaban J connectivity index is 2.34. The van der Waals surface area contributed by atoms with Crippen molar-refractivity contribution in [2.45, 2.75) is 6.92 Å². The molecule has 0 aliphatic rings. The summed E-state index contributed by atoms with van der Waals surface area (Å²) in [6, 6.07) is 7.60. The maximum absolute atomic E-state index is 5.54. The Labute approximate surface area is 101 Å². The van der Waals surface area contributed by atoms with Crippen molar-refractivity contribution in [3.63, 3.8) is 0 Å². The van der Waals surface area contributed by atoms with Gasteiger partial charge in [-0.3, -0.25) is 0 Å². The van der Waals surface area contributed by atoms with E-state index in [2.05, 4.69) is 0 Å². The third-order valence-electron chi connectivity index (χ3n) is 1.86. The molecule has 4 heteroatoms. The summed E-state index contributed by atoms with van der Waals surface area (Å²) in [6.07, 6.45) is 0. The Morgan fingerprint density at radius 1 is 1.00 bits per heavy atom. The Morgan fingerprint density at radius 3 is 2.31 bits per heavy atom. The summed E-state index contributed by atoms with van der Waals surface area (Å²) in [7, 11) is 0. The first-order chi connectivity index (χ1) is 7.88. The second-order valence-electron chi connectivity index (χ2n) is 3.03. The van der Waals surface area contributed by atoms with Crippen LogP contribution in [0.2, 0.25) is 0 Å². The highest BCUT2D eigenvalue weighted by Gasteiger charge is 2.02. The van der Waals surface area contributed by atoms with E-state index < -0.39 is 0 Å². The van der Waals surface area contributed by atoms with Gasteiger partial charge in [0, 0.05) is 5.88 Å². The van der Waals surface area contributed by atoms with Crippen molar-refractivity contribution < 1.29 is 14.2 Å². The van der Waals surface area contributed by atoms with Crippen LogP contribution in [0.5, 0.6) is 11.5 Å². The molecule has 0 radical (unpaired) electrons. The molecule has 0 spiro atoms. The van der Waals surface area contributed by atoms with Crippen molar-refractivity contribution in [1.29, 1.82) is 0 Å². The van der Waals surface area contributed by atoms with Crippen LogP contribution in [-0.2, 0) is 4.74 Å². The zero-order chi connectivity index (χ0) is 11.6. The lowest BCUT2D eigenvalue weighted by molar-refractivity contribution is 0.110. The van der Waals surface area contributed by atoms with E-state index in [1.165, 1.54) is 0 Å². The zero-order valence-electron chi connectivity index (χ0n) is 9.45. The summed E-state index contributed by atoms with van der Waals surface area (Å²) in [4.78, 5) is 0. The molecule has 0 saturated heterocycles. The molecule has 16 heavy (non-hydrogen) atoms. The van der Waals surface area contributed by atoms with E-state index in [0.29, 0.717) is 32.3 Å². The minimum atomic E-state index is 0.501. The number of hydrogen-bond donors (Lipinski definition) is 0. The first kappa shape index (κ1) is 13.1. The van der Waals surface area contributed by atoms with Gasteiger partial charge in [0.15, 0.2) is 11.5 Å². The van der Waals surface area contributed by atoms with Gasteiger partial charge in [-0.25, -0.2) is 0 Å². The number of para-hydroxylation sites is 2. The van der Waals surface area contributed by atoms with Crippen LogP contribution in [-0.4, -0.2) is 32.3 Å². The summed E-state index contributed by atoms with van der Waals surface area (Å²) >= 11 is 5.48.